The first-order valence-corrected chi connectivity index (χ1v) is 6.84. The van der Waals surface area contributed by atoms with Crippen LogP contribution >= 0.6 is 32.9 Å². The lowest BCUT2D eigenvalue weighted by Crippen LogP contribution is -1.69. The number of rotatable bonds is 3. The van der Waals surface area contributed by atoms with E-state index in [0.29, 0.717) is 0 Å². The molecule has 1 heterocycles. The van der Waals surface area contributed by atoms with Crippen LogP contribution in [0.2, 0.25) is 0 Å². The lowest BCUT2D eigenvalue weighted by atomic mass is 10.2. The van der Waals surface area contributed by atoms with Gasteiger partial charge in [-0.25, -0.2) is 0 Å². The van der Waals surface area contributed by atoms with Crippen molar-refractivity contribution in [2.24, 2.45) is 0 Å². The highest BCUT2D eigenvalue weighted by Crippen LogP contribution is 2.39. The highest BCUT2D eigenvalue weighted by molar-refractivity contribution is 8.78. The average molecular weight is 216 g/mol. The topological polar surface area (TPSA) is 0 Å². The Morgan fingerprint density at radius 3 is 2.67 bits per heavy atom. The first-order valence-electron chi connectivity index (χ1n) is 3.75. The minimum Gasteiger partial charge on any atom is -0.136 e. The molecule has 0 radical (unpaired) electrons. The molecule has 0 nitrogen and oxygen atoms in total. The summed E-state index contributed by atoms with van der Waals surface area (Å²) in [5.74, 6) is 0. The Hall–Kier alpha value is 0.140. The van der Waals surface area contributed by atoms with Crippen LogP contribution in [0.3, 0.4) is 0 Å². The monoisotopic (exact) mass is 216 g/mol. The molecule has 1 aromatic heterocycles. The minimum atomic E-state index is 1.41. The second kappa shape index (κ2) is 5.00. The van der Waals surface area contributed by atoms with E-state index < -0.39 is 0 Å². The molecule has 0 aliphatic carbocycles. The molecule has 0 saturated carbocycles. The van der Waals surface area contributed by atoms with Crippen LogP contribution in [-0.2, 0) is 0 Å². The van der Waals surface area contributed by atoms with E-state index in [1.165, 1.54) is 15.3 Å². The normalized spacial score (nSPS) is 11.2. The maximum atomic E-state index is 2.22. The first kappa shape index (κ1) is 10.2. The Labute approximate surface area is 85.9 Å². The van der Waals surface area contributed by atoms with Crippen LogP contribution in [-0.4, -0.2) is 0 Å². The van der Waals surface area contributed by atoms with E-state index in [1.807, 2.05) is 29.1 Å². The summed E-state index contributed by atoms with van der Waals surface area (Å²) in [5, 5.41) is 4.33. The fraction of sp³-hybridized carbons (Fsp3) is 0.333. The predicted octanol–water partition coefficient (Wildman–Crippen LogP) is 4.64. The van der Waals surface area contributed by atoms with Crippen molar-refractivity contribution in [1.82, 2.24) is 0 Å². The second-order valence-corrected chi connectivity index (χ2v) is 5.74. The highest BCUT2D eigenvalue weighted by Gasteiger charge is 2.03. The number of hydrogen-bond acceptors (Lipinski definition) is 3. The lowest BCUT2D eigenvalue weighted by Gasteiger charge is -1.94. The van der Waals surface area contributed by atoms with E-state index in [4.69, 9.17) is 0 Å². The second-order valence-electron chi connectivity index (χ2n) is 2.48. The van der Waals surface area contributed by atoms with Gasteiger partial charge in [-0.1, -0.05) is 16.9 Å². The molecule has 0 N–H and O–H groups in total. The van der Waals surface area contributed by atoms with Gasteiger partial charge in [-0.15, -0.1) is 11.3 Å². The lowest BCUT2D eigenvalue weighted by molar-refractivity contribution is 1.34. The summed E-state index contributed by atoms with van der Waals surface area (Å²) in [5.41, 5.74) is 2.84. The molecule has 0 amide bonds. The Morgan fingerprint density at radius 1 is 1.42 bits per heavy atom. The van der Waals surface area contributed by atoms with E-state index in [-0.39, 0.29) is 0 Å². The summed E-state index contributed by atoms with van der Waals surface area (Å²) in [6.45, 7) is 6.39. The van der Waals surface area contributed by atoms with Gasteiger partial charge < -0.3 is 0 Å². The van der Waals surface area contributed by atoms with Crippen LogP contribution in [0.4, 0.5) is 0 Å². The van der Waals surface area contributed by atoms with Crippen molar-refractivity contribution in [3.05, 3.63) is 28.0 Å². The Morgan fingerprint density at radius 2 is 2.17 bits per heavy atom. The molecule has 0 bridgehead atoms. The molecule has 12 heavy (non-hydrogen) atoms. The molecule has 0 spiro atoms. The summed E-state index contributed by atoms with van der Waals surface area (Å²) >= 11 is 1.83. The molecule has 0 unspecified atom stereocenters. The maximum absolute atomic E-state index is 2.22. The molecule has 0 aliphatic heterocycles. The van der Waals surface area contributed by atoms with Gasteiger partial charge in [-0.05, 0) is 53.5 Å². The number of aryl methyl sites for hydroxylation is 1. The Bertz CT molecular complexity index is 273. The van der Waals surface area contributed by atoms with Crippen molar-refractivity contribution < 1.29 is 0 Å². The zero-order valence-electron chi connectivity index (χ0n) is 7.46. The largest absolute Gasteiger partial charge is 0.136 e. The molecule has 0 saturated heterocycles. The SMILES string of the molecule is C/C=C/SSc1scc(C)c1C. The molecule has 0 aliphatic rings. The Balaban J connectivity index is 2.57. The van der Waals surface area contributed by atoms with Crippen LogP contribution in [0, 0.1) is 13.8 Å². The van der Waals surface area contributed by atoms with Crippen LogP contribution in [0.25, 0.3) is 0 Å². The van der Waals surface area contributed by atoms with E-state index in [2.05, 4.69) is 30.7 Å². The zero-order chi connectivity index (χ0) is 8.97. The Kier molecular flexibility index (Phi) is 4.26. The van der Waals surface area contributed by atoms with Crippen molar-refractivity contribution in [3.8, 4) is 0 Å². The van der Waals surface area contributed by atoms with Gasteiger partial charge >= 0.3 is 0 Å². The predicted molar refractivity (Wildman–Crippen MR) is 62.1 cm³/mol. The maximum Gasteiger partial charge on any atom is 0.0741 e. The van der Waals surface area contributed by atoms with Crippen LogP contribution in [0.5, 0.6) is 0 Å². The summed E-state index contributed by atoms with van der Waals surface area (Å²) < 4.78 is 1.43. The molecule has 3 heteroatoms. The smallest absolute Gasteiger partial charge is 0.0741 e. The van der Waals surface area contributed by atoms with Crippen molar-refractivity contribution in [3.63, 3.8) is 0 Å². The number of hydrogen-bond donors (Lipinski definition) is 0. The fourth-order valence-corrected chi connectivity index (χ4v) is 4.17. The highest BCUT2D eigenvalue weighted by atomic mass is 33.1. The van der Waals surface area contributed by atoms with Gasteiger partial charge in [0.2, 0.25) is 0 Å². The fourth-order valence-electron chi connectivity index (χ4n) is 0.689. The molecule has 0 aromatic carbocycles. The van der Waals surface area contributed by atoms with Crippen LogP contribution in [0.1, 0.15) is 18.1 Å². The standard InChI is InChI=1S/C9H12S3/c1-4-5-11-12-9-8(3)7(2)6-10-9/h4-6H,1-3H3/b5-4+. The van der Waals surface area contributed by atoms with Gasteiger partial charge in [0.1, 0.15) is 0 Å². The van der Waals surface area contributed by atoms with E-state index >= 15 is 0 Å². The van der Waals surface area contributed by atoms with Gasteiger partial charge in [0.05, 0.1) is 4.21 Å². The minimum absolute atomic E-state index is 1.41. The van der Waals surface area contributed by atoms with E-state index in [1.54, 1.807) is 10.8 Å². The van der Waals surface area contributed by atoms with Crippen molar-refractivity contribution in [1.29, 1.82) is 0 Å². The molecular formula is C9H12S3. The number of allylic oxidation sites excluding steroid dienone is 1. The van der Waals surface area contributed by atoms with Crippen LogP contribution in [0.15, 0.2) is 21.1 Å². The summed E-state index contributed by atoms with van der Waals surface area (Å²) in [4.78, 5) is 0. The third-order valence-electron chi connectivity index (χ3n) is 1.56. The molecule has 0 fully saturated rings. The van der Waals surface area contributed by atoms with Gasteiger partial charge in [0.25, 0.3) is 0 Å². The van der Waals surface area contributed by atoms with Gasteiger partial charge in [-0.2, -0.15) is 0 Å². The molecule has 1 aromatic rings. The third-order valence-corrected chi connectivity index (χ3v) is 5.46. The quantitative estimate of drug-likeness (QED) is 0.675. The third kappa shape index (κ3) is 2.57. The average Bonchev–Trinajstić information content (AvgIpc) is 2.36. The van der Waals surface area contributed by atoms with Crippen molar-refractivity contribution >= 4 is 32.9 Å². The van der Waals surface area contributed by atoms with Crippen molar-refractivity contribution in [2.45, 2.75) is 25.0 Å². The van der Waals surface area contributed by atoms with Gasteiger partial charge in [0, 0.05) is 0 Å². The summed E-state index contributed by atoms with van der Waals surface area (Å²) in [6.07, 6.45) is 2.06. The summed E-state index contributed by atoms with van der Waals surface area (Å²) in [7, 11) is 3.62. The molecule has 66 valence electrons. The molecule has 1 rings (SSSR count). The summed E-state index contributed by atoms with van der Waals surface area (Å²) in [6, 6.07) is 0. The van der Waals surface area contributed by atoms with E-state index in [0.717, 1.165) is 0 Å². The molecule has 0 atom stereocenters. The van der Waals surface area contributed by atoms with Gasteiger partial charge in [0.15, 0.2) is 0 Å². The van der Waals surface area contributed by atoms with Crippen molar-refractivity contribution in [2.75, 3.05) is 0 Å². The van der Waals surface area contributed by atoms with E-state index in [9.17, 15) is 0 Å². The van der Waals surface area contributed by atoms with Crippen LogP contribution < -0.4 is 0 Å². The number of thiophene rings is 1. The first-order chi connectivity index (χ1) is 5.75. The van der Waals surface area contributed by atoms with Gasteiger partial charge in [-0.3, -0.25) is 0 Å². The molecular weight excluding hydrogens is 204 g/mol. The zero-order valence-corrected chi connectivity index (χ0v) is 9.91.